The highest BCUT2D eigenvalue weighted by Crippen LogP contribution is 2.36. The van der Waals surface area contributed by atoms with Crippen LogP contribution in [0.4, 0.5) is 0 Å². The monoisotopic (exact) mass is 322 g/mol. The number of hydrogen-bond donors (Lipinski definition) is 1. The molecule has 3 nitrogen and oxygen atoms in total. The lowest BCUT2D eigenvalue weighted by atomic mass is 10.0. The number of carboxylic acids is 1. The van der Waals surface area contributed by atoms with Gasteiger partial charge >= 0.3 is 5.97 Å². The summed E-state index contributed by atoms with van der Waals surface area (Å²) in [6.45, 7) is 12.2. The number of benzene rings is 1. The zero-order valence-corrected chi connectivity index (χ0v) is 15.6. The van der Waals surface area contributed by atoms with E-state index in [-0.39, 0.29) is 11.5 Å². The van der Waals surface area contributed by atoms with Gasteiger partial charge in [0.05, 0.1) is 6.42 Å². The van der Waals surface area contributed by atoms with E-state index in [1.807, 2.05) is 24.3 Å². The van der Waals surface area contributed by atoms with Crippen molar-refractivity contribution in [3.8, 4) is 0 Å². The van der Waals surface area contributed by atoms with Crippen molar-refractivity contribution >= 4 is 14.3 Å². The fourth-order valence-electron chi connectivity index (χ4n) is 1.97. The smallest absolute Gasteiger partial charge is 0.307 e. The molecular weight excluding hydrogens is 292 g/mol. The third-order valence-electron chi connectivity index (χ3n) is 4.51. The van der Waals surface area contributed by atoms with Gasteiger partial charge in [-0.15, -0.1) is 0 Å². The lowest BCUT2D eigenvalue weighted by Gasteiger charge is -2.36. The molecule has 22 heavy (non-hydrogen) atoms. The minimum absolute atomic E-state index is 0.0979. The highest BCUT2D eigenvalue weighted by atomic mass is 28.4. The number of hydrogen-bond acceptors (Lipinski definition) is 2. The van der Waals surface area contributed by atoms with Gasteiger partial charge < -0.3 is 9.53 Å². The molecule has 0 radical (unpaired) electrons. The number of unbranched alkanes of at least 4 members (excludes halogenated alkanes) is 1. The third-order valence-corrected chi connectivity index (χ3v) is 9.05. The second-order valence-corrected chi connectivity index (χ2v) is 12.3. The van der Waals surface area contributed by atoms with Crippen LogP contribution >= 0.6 is 0 Å². The SMILES string of the molecule is CC(C)(C)[Si](C)(C)OCCCCc1ccc(CC(=O)O)cc1. The van der Waals surface area contributed by atoms with Gasteiger partial charge in [0, 0.05) is 6.61 Å². The van der Waals surface area contributed by atoms with Crippen LogP contribution in [0.15, 0.2) is 24.3 Å². The van der Waals surface area contributed by atoms with E-state index in [1.165, 1.54) is 5.56 Å². The van der Waals surface area contributed by atoms with Crippen molar-refractivity contribution in [1.82, 2.24) is 0 Å². The number of aliphatic carboxylic acids is 1. The van der Waals surface area contributed by atoms with E-state index >= 15 is 0 Å². The van der Waals surface area contributed by atoms with E-state index < -0.39 is 14.3 Å². The highest BCUT2D eigenvalue weighted by Gasteiger charge is 2.36. The van der Waals surface area contributed by atoms with Gasteiger partial charge in [-0.05, 0) is 48.5 Å². The Labute approximate surface area is 135 Å². The van der Waals surface area contributed by atoms with Crippen molar-refractivity contribution in [2.45, 2.75) is 64.6 Å². The summed E-state index contributed by atoms with van der Waals surface area (Å²) < 4.78 is 6.17. The van der Waals surface area contributed by atoms with Crippen LogP contribution in [0.3, 0.4) is 0 Å². The Morgan fingerprint density at radius 2 is 1.64 bits per heavy atom. The quantitative estimate of drug-likeness (QED) is 0.559. The fraction of sp³-hybridized carbons (Fsp3) is 0.611. The second-order valence-electron chi connectivity index (χ2n) is 7.45. The van der Waals surface area contributed by atoms with Crippen LogP contribution in [0, 0.1) is 0 Å². The Morgan fingerprint density at radius 1 is 1.09 bits per heavy atom. The van der Waals surface area contributed by atoms with Gasteiger partial charge in [-0.1, -0.05) is 45.0 Å². The highest BCUT2D eigenvalue weighted by molar-refractivity contribution is 6.74. The van der Waals surface area contributed by atoms with Crippen LogP contribution in [0.25, 0.3) is 0 Å². The molecule has 0 spiro atoms. The molecule has 0 saturated heterocycles. The first-order valence-electron chi connectivity index (χ1n) is 8.05. The summed E-state index contributed by atoms with van der Waals surface area (Å²) in [5, 5.41) is 9.02. The molecule has 0 amide bonds. The van der Waals surface area contributed by atoms with E-state index in [2.05, 4.69) is 33.9 Å². The van der Waals surface area contributed by atoms with E-state index in [0.717, 1.165) is 31.4 Å². The van der Waals surface area contributed by atoms with E-state index in [0.29, 0.717) is 0 Å². The van der Waals surface area contributed by atoms with Gasteiger partial charge in [0.15, 0.2) is 8.32 Å². The summed E-state index contributed by atoms with van der Waals surface area (Å²) in [4.78, 5) is 10.6. The average Bonchev–Trinajstić information content (AvgIpc) is 2.38. The van der Waals surface area contributed by atoms with Gasteiger partial charge in [0.25, 0.3) is 0 Å². The summed E-state index contributed by atoms with van der Waals surface area (Å²) in [5.74, 6) is -0.782. The molecule has 0 aliphatic heterocycles. The normalized spacial score (nSPS) is 12.4. The molecule has 0 fully saturated rings. The van der Waals surface area contributed by atoms with Gasteiger partial charge in [0.2, 0.25) is 0 Å². The van der Waals surface area contributed by atoms with E-state index in [4.69, 9.17) is 9.53 Å². The number of carboxylic acid groups (broad SMARTS) is 1. The summed E-state index contributed by atoms with van der Waals surface area (Å²) in [5.41, 5.74) is 2.12. The summed E-state index contributed by atoms with van der Waals surface area (Å²) in [6, 6.07) is 7.89. The molecule has 0 aliphatic rings. The fourth-order valence-corrected chi connectivity index (χ4v) is 3.06. The van der Waals surface area contributed by atoms with Gasteiger partial charge in [-0.2, -0.15) is 0 Å². The van der Waals surface area contributed by atoms with Crippen molar-refractivity contribution < 1.29 is 14.3 Å². The van der Waals surface area contributed by atoms with Crippen molar-refractivity contribution in [3.05, 3.63) is 35.4 Å². The van der Waals surface area contributed by atoms with Crippen LogP contribution in [-0.2, 0) is 22.1 Å². The minimum atomic E-state index is -1.61. The molecule has 1 N–H and O–H groups in total. The predicted octanol–water partition coefficient (Wildman–Crippen LogP) is 4.66. The Balaban J connectivity index is 2.29. The molecule has 0 aliphatic carbocycles. The predicted molar refractivity (Wildman–Crippen MR) is 93.9 cm³/mol. The van der Waals surface area contributed by atoms with Gasteiger partial charge in [0.1, 0.15) is 0 Å². The van der Waals surface area contributed by atoms with Crippen LogP contribution in [-0.4, -0.2) is 26.0 Å². The molecule has 1 aromatic carbocycles. The van der Waals surface area contributed by atoms with E-state index in [1.54, 1.807) is 0 Å². The summed E-state index contributed by atoms with van der Waals surface area (Å²) in [6.07, 6.45) is 3.30. The van der Waals surface area contributed by atoms with E-state index in [9.17, 15) is 4.79 Å². The number of rotatable bonds is 8. The van der Waals surface area contributed by atoms with Crippen molar-refractivity contribution in [2.75, 3.05) is 6.61 Å². The Hall–Kier alpha value is -1.13. The van der Waals surface area contributed by atoms with Crippen LogP contribution in [0.5, 0.6) is 0 Å². The van der Waals surface area contributed by atoms with Crippen molar-refractivity contribution in [3.63, 3.8) is 0 Å². The Bertz CT molecular complexity index is 472. The molecule has 124 valence electrons. The maximum atomic E-state index is 10.6. The summed E-state index contributed by atoms with van der Waals surface area (Å²) in [7, 11) is -1.61. The van der Waals surface area contributed by atoms with Gasteiger partial charge in [-0.3, -0.25) is 4.79 Å². The minimum Gasteiger partial charge on any atom is -0.481 e. The molecule has 1 rings (SSSR count). The Kier molecular flexibility index (Phi) is 6.82. The number of carbonyl (C=O) groups is 1. The molecule has 1 aromatic rings. The van der Waals surface area contributed by atoms with Crippen LogP contribution < -0.4 is 0 Å². The first-order valence-corrected chi connectivity index (χ1v) is 11.0. The zero-order chi connectivity index (χ0) is 16.8. The summed E-state index contributed by atoms with van der Waals surface area (Å²) >= 11 is 0. The maximum absolute atomic E-state index is 10.6. The average molecular weight is 323 g/mol. The molecule has 4 heteroatoms. The lowest BCUT2D eigenvalue weighted by molar-refractivity contribution is -0.136. The first-order chi connectivity index (χ1) is 10.1. The molecule has 0 heterocycles. The Morgan fingerprint density at radius 3 is 2.14 bits per heavy atom. The zero-order valence-electron chi connectivity index (χ0n) is 14.6. The second kappa shape index (κ2) is 7.93. The molecule has 0 atom stereocenters. The van der Waals surface area contributed by atoms with Crippen LogP contribution in [0.1, 0.15) is 44.7 Å². The molecule has 0 aromatic heterocycles. The van der Waals surface area contributed by atoms with Crippen LogP contribution in [0.2, 0.25) is 18.1 Å². The molecular formula is C18H30O3Si. The molecule has 0 unspecified atom stereocenters. The maximum Gasteiger partial charge on any atom is 0.307 e. The standard InChI is InChI=1S/C18H30O3Si/c1-18(2,3)22(4,5)21-13-7-6-8-15-9-11-16(12-10-15)14-17(19)20/h9-12H,6-8,13-14H2,1-5H3,(H,19,20). The van der Waals surface area contributed by atoms with Crippen molar-refractivity contribution in [2.24, 2.45) is 0 Å². The first kappa shape index (κ1) is 18.9. The lowest BCUT2D eigenvalue weighted by Crippen LogP contribution is -2.40. The third kappa shape index (κ3) is 6.32. The molecule has 0 saturated carbocycles. The van der Waals surface area contributed by atoms with Crippen molar-refractivity contribution in [1.29, 1.82) is 0 Å². The number of aryl methyl sites for hydroxylation is 1. The topological polar surface area (TPSA) is 46.5 Å². The van der Waals surface area contributed by atoms with Gasteiger partial charge in [-0.25, -0.2) is 0 Å². The molecule has 0 bridgehead atoms. The largest absolute Gasteiger partial charge is 0.481 e.